The maximum atomic E-state index is 12.3. The number of amides is 1. The van der Waals surface area contributed by atoms with E-state index in [0.717, 1.165) is 24.8 Å². The zero-order valence-corrected chi connectivity index (χ0v) is 13.5. The minimum atomic E-state index is -0.245. The van der Waals surface area contributed by atoms with Crippen LogP contribution in [0.1, 0.15) is 46.1 Å². The van der Waals surface area contributed by atoms with E-state index in [-0.39, 0.29) is 17.4 Å². The monoisotopic (exact) mass is 286 g/mol. The molecule has 2 N–H and O–H groups in total. The van der Waals surface area contributed by atoms with Crippen molar-refractivity contribution < 1.29 is 4.79 Å². The number of carbonyl (C=O) groups is 1. The molecule has 21 heavy (non-hydrogen) atoms. The van der Waals surface area contributed by atoms with Crippen LogP contribution in [-0.4, -0.2) is 16.4 Å². The molecule has 0 aliphatic rings. The Kier molecular flexibility index (Phi) is 4.71. The molecule has 2 aromatic rings. The second-order valence-corrected chi connectivity index (χ2v) is 6.42. The van der Waals surface area contributed by atoms with E-state index in [4.69, 9.17) is 0 Å². The summed E-state index contributed by atoms with van der Waals surface area (Å²) < 4.78 is 0. The van der Waals surface area contributed by atoms with Gasteiger partial charge in [0.15, 0.2) is 0 Å². The number of aromatic amines is 1. The van der Waals surface area contributed by atoms with Gasteiger partial charge >= 0.3 is 0 Å². The molecule has 3 heteroatoms. The van der Waals surface area contributed by atoms with Gasteiger partial charge in [-0.2, -0.15) is 0 Å². The van der Waals surface area contributed by atoms with Crippen molar-refractivity contribution in [2.24, 2.45) is 5.92 Å². The van der Waals surface area contributed by atoms with Crippen LogP contribution in [0.3, 0.4) is 0 Å². The number of carbonyl (C=O) groups excluding carboxylic acids is 1. The van der Waals surface area contributed by atoms with Gasteiger partial charge in [0.1, 0.15) is 0 Å². The fourth-order valence-electron chi connectivity index (χ4n) is 2.89. The first-order chi connectivity index (χ1) is 9.96. The molecule has 1 amide bonds. The first kappa shape index (κ1) is 15.6. The highest BCUT2D eigenvalue weighted by atomic mass is 16.2. The van der Waals surface area contributed by atoms with Gasteiger partial charge in [0.2, 0.25) is 5.91 Å². The van der Waals surface area contributed by atoms with Gasteiger partial charge in [-0.15, -0.1) is 0 Å². The zero-order chi connectivity index (χ0) is 15.5. The van der Waals surface area contributed by atoms with Crippen molar-refractivity contribution in [2.45, 2.75) is 52.5 Å². The molecule has 0 unspecified atom stereocenters. The normalized spacial score (nSPS) is 12.0. The Hall–Kier alpha value is -1.77. The van der Waals surface area contributed by atoms with Crippen molar-refractivity contribution in [1.29, 1.82) is 0 Å². The molecule has 0 fully saturated rings. The first-order valence-electron chi connectivity index (χ1n) is 7.84. The predicted molar refractivity (Wildman–Crippen MR) is 88.3 cm³/mol. The Morgan fingerprint density at radius 3 is 2.57 bits per heavy atom. The number of fused-ring (bicyclic) bond motifs is 1. The van der Waals surface area contributed by atoms with Gasteiger partial charge in [-0.05, 0) is 44.7 Å². The second-order valence-electron chi connectivity index (χ2n) is 6.42. The lowest BCUT2D eigenvalue weighted by Crippen LogP contribution is -2.47. The Labute approximate surface area is 127 Å². The summed E-state index contributed by atoms with van der Waals surface area (Å²) in [4.78, 5) is 15.6. The Morgan fingerprint density at radius 2 is 1.90 bits per heavy atom. The molecule has 0 bridgehead atoms. The highest BCUT2D eigenvalue weighted by molar-refractivity contribution is 5.83. The van der Waals surface area contributed by atoms with Gasteiger partial charge in [-0.25, -0.2) is 0 Å². The molecule has 1 heterocycles. The number of aromatic nitrogens is 1. The smallest absolute Gasteiger partial charge is 0.223 e. The summed E-state index contributed by atoms with van der Waals surface area (Å²) >= 11 is 0. The van der Waals surface area contributed by atoms with Crippen LogP contribution in [0.25, 0.3) is 10.9 Å². The van der Waals surface area contributed by atoms with Gasteiger partial charge in [0.25, 0.3) is 0 Å². The van der Waals surface area contributed by atoms with Crippen molar-refractivity contribution in [2.75, 3.05) is 0 Å². The van der Waals surface area contributed by atoms with E-state index in [1.807, 2.05) is 6.07 Å². The third kappa shape index (κ3) is 3.66. The van der Waals surface area contributed by atoms with Crippen LogP contribution in [0.2, 0.25) is 0 Å². The lowest BCUT2D eigenvalue weighted by atomic mass is 9.92. The number of benzene rings is 1. The maximum absolute atomic E-state index is 12.3. The summed E-state index contributed by atoms with van der Waals surface area (Å²) in [5, 5.41) is 4.45. The number of nitrogens with one attached hydrogen (secondary N) is 2. The summed E-state index contributed by atoms with van der Waals surface area (Å²) in [5.41, 5.74) is 2.15. The lowest BCUT2D eigenvalue weighted by Gasteiger charge is -2.28. The second kappa shape index (κ2) is 6.33. The number of para-hydroxylation sites is 1. The molecule has 3 nitrogen and oxygen atoms in total. The fourth-order valence-corrected chi connectivity index (χ4v) is 2.89. The molecule has 0 saturated heterocycles. The van der Waals surface area contributed by atoms with Crippen LogP contribution in [0.15, 0.2) is 30.5 Å². The molecule has 0 saturated carbocycles. The van der Waals surface area contributed by atoms with Crippen molar-refractivity contribution in [1.82, 2.24) is 10.3 Å². The van der Waals surface area contributed by atoms with Crippen LogP contribution in [0.4, 0.5) is 0 Å². The molecule has 2 rings (SSSR count). The van der Waals surface area contributed by atoms with E-state index < -0.39 is 0 Å². The highest BCUT2D eigenvalue weighted by Gasteiger charge is 2.25. The highest BCUT2D eigenvalue weighted by Crippen LogP contribution is 2.23. The van der Waals surface area contributed by atoms with Crippen molar-refractivity contribution >= 4 is 16.8 Å². The summed E-state index contributed by atoms with van der Waals surface area (Å²) in [7, 11) is 0. The molecular formula is C18H26N2O. The van der Waals surface area contributed by atoms with Crippen molar-refractivity contribution in [3.8, 4) is 0 Å². The number of H-pyrrole nitrogens is 1. The van der Waals surface area contributed by atoms with E-state index in [9.17, 15) is 4.79 Å². The van der Waals surface area contributed by atoms with Crippen molar-refractivity contribution in [3.63, 3.8) is 0 Å². The van der Waals surface area contributed by atoms with Crippen molar-refractivity contribution in [3.05, 3.63) is 36.0 Å². The molecule has 114 valence electrons. The summed E-state index contributed by atoms with van der Waals surface area (Å²) in [6.07, 6.45) is 4.66. The number of hydrogen-bond donors (Lipinski definition) is 2. The van der Waals surface area contributed by atoms with E-state index in [1.165, 1.54) is 10.9 Å². The van der Waals surface area contributed by atoms with E-state index >= 15 is 0 Å². The Balaban J connectivity index is 2.12. The topological polar surface area (TPSA) is 44.9 Å². The van der Waals surface area contributed by atoms with Crippen LogP contribution in [-0.2, 0) is 11.2 Å². The molecule has 0 spiro atoms. The minimum absolute atomic E-state index is 0.118. The molecule has 0 atom stereocenters. The van der Waals surface area contributed by atoms with Gasteiger partial charge in [-0.3, -0.25) is 4.79 Å². The summed E-state index contributed by atoms with van der Waals surface area (Å²) in [5.74, 6) is 0.289. The number of rotatable bonds is 6. The molecule has 0 aliphatic heterocycles. The molecule has 1 aromatic carbocycles. The third-order valence-electron chi connectivity index (χ3n) is 4.13. The van der Waals surface area contributed by atoms with Crippen LogP contribution in [0, 0.1) is 5.92 Å². The molecule has 1 aromatic heterocycles. The molecule has 0 radical (unpaired) electrons. The van der Waals surface area contributed by atoms with Gasteiger partial charge in [-0.1, -0.05) is 32.0 Å². The van der Waals surface area contributed by atoms with Gasteiger partial charge in [0.05, 0.1) is 0 Å². The fraction of sp³-hybridized carbons (Fsp3) is 0.500. The Morgan fingerprint density at radius 1 is 1.24 bits per heavy atom. The van der Waals surface area contributed by atoms with Crippen LogP contribution < -0.4 is 5.32 Å². The third-order valence-corrected chi connectivity index (χ3v) is 4.13. The Bertz CT molecular complexity index is 608. The minimum Gasteiger partial charge on any atom is -0.361 e. The average Bonchev–Trinajstić information content (AvgIpc) is 2.82. The van der Waals surface area contributed by atoms with E-state index in [0.29, 0.717) is 0 Å². The first-order valence-corrected chi connectivity index (χ1v) is 7.84. The molecule has 0 aliphatic carbocycles. The zero-order valence-electron chi connectivity index (χ0n) is 13.5. The molecular weight excluding hydrogens is 260 g/mol. The maximum Gasteiger partial charge on any atom is 0.223 e. The lowest BCUT2D eigenvalue weighted by molar-refractivity contribution is -0.126. The largest absolute Gasteiger partial charge is 0.361 e. The average molecular weight is 286 g/mol. The quantitative estimate of drug-likeness (QED) is 0.827. The van der Waals surface area contributed by atoms with Crippen LogP contribution >= 0.6 is 0 Å². The SMILES string of the molecule is CCC(CC)C(=O)NC(C)(C)Cc1c[nH]c2ccccc12. The van der Waals surface area contributed by atoms with E-state index in [1.54, 1.807) is 0 Å². The summed E-state index contributed by atoms with van der Waals surface area (Å²) in [6.45, 7) is 8.32. The van der Waals surface area contributed by atoms with Gasteiger partial charge < -0.3 is 10.3 Å². The number of hydrogen-bond acceptors (Lipinski definition) is 1. The van der Waals surface area contributed by atoms with Gasteiger partial charge in [0, 0.05) is 28.6 Å². The van der Waals surface area contributed by atoms with Crippen LogP contribution in [0.5, 0.6) is 0 Å². The standard InChI is InChI=1S/C18H26N2O/c1-5-13(6-2)17(21)20-18(3,4)11-14-12-19-16-10-8-7-9-15(14)16/h7-10,12-13,19H,5-6,11H2,1-4H3,(H,20,21). The summed E-state index contributed by atoms with van der Waals surface area (Å²) in [6, 6.07) is 8.28. The predicted octanol–water partition coefficient (Wildman–Crippen LogP) is 4.04. The van der Waals surface area contributed by atoms with E-state index in [2.05, 4.69) is 62.4 Å².